The van der Waals surface area contributed by atoms with Crippen LogP contribution in [0.1, 0.15) is 58.0 Å². The molecule has 2 heterocycles. The van der Waals surface area contributed by atoms with Gasteiger partial charge in [0.15, 0.2) is 0 Å². The van der Waals surface area contributed by atoms with Crippen molar-refractivity contribution in [3.05, 3.63) is 37.5 Å². The van der Waals surface area contributed by atoms with Gasteiger partial charge < -0.3 is 4.90 Å². The standard InChI is InChI=1S/C19H26N2OS2/c1-12-20-15(11-23-12)10-21(5)18(22)17-9-13-8-14(19(2,3)4)6-7-16(13)24-17/h9,11,14H,6-8,10H2,1-5H3/t14-/m0/s1. The van der Waals surface area contributed by atoms with E-state index in [0.717, 1.165) is 28.4 Å². The monoisotopic (exact) mass is 362 g/mol. The molecule has 5 heteroatoms. The fraction of sp³-hybridized carbons (Fsp3) is 0.579. The van der Waals surface area contributed by atoms with Gasteiger partial charge in [0.1, 0.15) is 0 Å². The molecule has 0 saturated carbocycles. The highest BCUT2D eigenvalue weighted by molar-refractivity contribution is 7.14. The predicted molar refractivity (Wildman–Crippen MR) is 102 cm³/mol. The molecule has 1 atom stereocenters. The molecule has 0 saturated heterocycles. The smallest absolute Gasteiger partial charge is 0.264 e. The third-order valence-corrected chi connectivity index (χ3v) is 6.98. The average molecular weight is 363 g/mol. The summed E-state index contributed by atoms with van der Waals surface area (Å²) in [6, 6.07) is 2.14. The zero-order chi connectivity index (χ0) is 17.5. The summed E-state index contributed by atoms with van der Waals surface area (Å²) < 4.78 is 0. The van der Waals surface area contributed by atoms with E-state index in [-0.39, 0.29) is 5.91 Å². The minimum Gasteiger partial charge on any atom is -0.335 e. The van der Waals surface area contributed by atoms with Crippen molar-refractivity contribution in [1.82, 2.24) is 9.88 Å². The largest absolute Gasteiger partial charge is 0.335 e. The Kier molecular flexibility index (Phi) is 4.85. The zero-order valence-electron chi connectivity index (χ0n) is 15.2. The fourth-order valence-electron chi connectivity index (χ4n) is 3.35. The maximum Gasteiger partial charge on any atom is 0.264 e. The number of hydrogen-bond donors (Lipinski definition) is 0. The number of fused-ring (bicyclic) bond motifs is 1. The third-order valence-electron chi connectivity index (χ3n) is 4.93. The summed E-state index contributed by atoms with van der Waals surface area (Å²) in [7, 11) is 1.87. The fourth-order valence-corrected chi connectivity index (χ4v) is 5.16. The second-order valence-corrected chi connectivity index (χ2v) is 10.1. The summed E-state index contributed by atoms with van der Waals surface area (Å²) >= 11 is 3.32. The normalized spacial score (nSPS) is 17.6. The summed E-state index contributed by atoms with van der Waals surface area (Å²) in [4.78, 5) is 21.3. The number of thiazole rings is 1. The van der Waals surface area contributed by atoms with E-state index in [4.69, 9.17) is 0 Å². The van der Waals surface area contributed by atoms with Crippen molar-refractivity contribution in [1.29, 1.82) is 0 Å². The molecule has 0 N–H and O–H groups in total. The SMILES string of the molecule is Cc1nc(CN(C)C(=O)c2cc3c(s2)CC[C@H](C(C)(C)C)C3)cs1. The van der Waals surface area contributed by atoms with E-state index in [1.54, 1.807) is 27.6 Å². The van der Waals surface area contributed by atoms with Crippen molar-refractivity contribution in [2.75, 3.05) is 7.05 Å². The zero-order valence-corrected chi connectivity index (χ0v) is 16.8. The van der Waals surface area contributed by atoms with E-state index in [1.165, 1.54) is 16.9 Å². The number of aromatic nitrogens is 1. The van der Waals surface area contributed by atoms with Crippen molar-refractivity contribution in [2.24, 2.45) is 11.3 Å². The van der Waals surface area contributed by atoms with Crippen LogP contribution in [0.15, 0.2) is 11.4 Å². The van der Waals surface area contributed by atoms with E-state index in [9.17, 15) is 4.79 Å². The number of thiophene rings is 1. The van der Waals surface area contributed by atoms with Gasteiger partial charge in [0.25, 0.3) is 5.91 Å². The molecule has 0 radical (unpaired) electrons. The summed E-state index contributed by atoms with van der Waals surface area (Å²) in [5.74, 6) is 0.825. The molecule has 1 aliphatic rings. The van der Waals surface area contributed by atoms with Crippen molar-refractivity contribution < 1.29 is 4.79 Å². The molecule has 24 heavy (non-hydrogen) atoms. The Hall–Kier alpha value is -1.20. The van der Waals surface area contributed by atoms with Crippen LogP contribution in [0.4, 0.5) is 0 Å². The second kappa shape index (κ2) is 6.60. The number of hydrogen-bond acceptors (Lipinski definition) is 4. The Labute approximate surface area is 152 Å². The van der Waals surface area contributed by atoms with Crippen molar-refractivity contribution in [2.45, 2.75) is 53.5 Å². The van der Waals surface area contributed by atoms with Gasteiger partial charge in [-0.25, -0.2) is 4.98 Å². The topological polar surface area (TPSA) is 33.2 Å². The lowest BCUT2D eigenvalue weighted by Gasteiger charge is -2.33. The van der Waals surface area contributed by atoms with Gasteiger partial charge in [-0.3, -0.25) is 4.79 Å². The van der Waals surface area contributed by atoms with Crippen LogP contribution in [-0.4, -0.2) is 22.8 Å². The molecule has 0 aromatic carbocycles. The van der Waals surface area contributed by atoms with Crippen LogP contribution in [0.2, 0.25) is 0 Å². The molecule has 3 nitrogen and oxygen atoms in total. The maximum absolute atomic E-state index is 12.8. The molecule has 1 aliphatic carbocycles. The first-order valence-corrected chi connectivity index (χ1v) is 10.2. The molecular weight excluding hydrogens is 336 g/mol. The maximum atomic E-state index is 12.8. The van der Waals surface area contributed by atoms with Crippen molar-refractivity contribution >= 4 is 28.6 Å². The lowest BCUT2D eigenvalue weighted by Crippen LogP contribution is -2.26. The third kappa shape index (κ3) is 3.72. The van der Waals surface area contributed by atoms with Gasteiger partial charge in [-0.1, -0.05) is 20.8 Å². The number of amides is 1. The Morgan fingerprint density at radius 1 is 1.42 bits per heavy atom. The predicted octanol–water partition coefficient (Wildman–Crippen LogP) is 4.94. The molecule has 130 valence electrons. The Bertz CT molecular complexity index is 739. The van der Waals surface area contributed by atoms with Crippen LogP contribution in [-0.2, 0) is 19.4 Å². The van der Waals surface area contributed by atoms with Gasteiger partial charge in [-0.05, 0) is 49.1 Å². The minimum atomic E-state index is 0.118. The second-order valence-electron chi connectivity index (χ2n) is 7.88. The first-order valence-electron chi connectivity index (χ1n) is 8.52. The van der Waals surface area contributed by atoms with Gasteiger partial charge in [0.2, 0.25) is 0 Å². The van der Waals surface area contributed by atoms with E-state index >= 15 is 0 Å². The minimum absolute atomic E-state index is 0.118. The summed E-state index contributed by atoms with van der Waals surface area (Å²) in [5, 5.41) is 3.08. The van der Waals surface area contributed by atoms with E-state index in [1.807, 2.05) is 19.4 Å². The van der Waals surface area contributed by atoms with Crippen molar-refractivity contribution in [3.63, 3.8) is 0 Å². The van der Waals surface area contributed by atoms with Crippen LogP contribution >= 0.6 is 22.7 Å². The molecule has 0 aliphatic heterocycles. The van der Waals surface area contributed by atoms with Crippen LogP contribution in [0.5, 0.6) is 0 Å². The molecule has 0 fully saturated rings. The van der Waals surface area contributed by atoms with Gasteiger partial charge in [0.05, 0.1) is 22.1 Å². The summed E-state index contributed by atoms with van der Waals surface area (Å²) in [6.07, 6.45) is 3.46. The van der Waals surface area contributed by atoms with E-state index in [2.05, 4.69) is 31.8 Å². The molecule has 0 spiro atoms. The Balaban J connectivity index is 1.72. The van der Waals surface area contributed by atoms with Gasteiger partial charge in [0, 0.05) is 17.3 Å². The Morgan fingerprint density at radius 2 is 2.17 bits per heavy atom. The molecule has 0 bridgehead atoms. The van der Waals surface area contributed by atoms with Crippen molar-refractivity contribution in [3.8, 4) is 0 Å². The van der Waals surface area contributed by atoms with Crippen LogP contribution < -0.4 is 0 Å². The molecule has 0 unspecified atom stereocenters. The number of nitrogens with zero attached hydrogens (tertiary/aromatic N) is 2. The number of carbonyl (C=O) groups excluding carboxylic acids is 1. The van der Waals surface area contributed by atoms with Crippen LogP contribution in [0.3, 0.4) is 0 Å². The first-order chi connectivity index (χ1) is 11.2. The molecular formula is C19H26N2OS2. The number of carbonyl (C=O) groups is 1. The molecule has 3 rings (SSSR count). The molecule has 2 aromatic heterocycles. The van der Waals surface area contributed by atoms with E-state index in [0.29, 0.717) is 17.9 Å². The highest BCUT2D eigenvalue weighted by Gasteiger charge is 2.30. The first kappa shape index (κ1) is 17.6. The van der Waals surface area contributed by atoms with Crippen LogP contribution in [0.25, 0.3) is 0 Å². The number of aryl methyl sites for hydroxylation is 2. The average Bonchev–Trinajstić information content (AvgIpc) is 3.10. The van der Waals surface area contributed by atoms with Gasteiger partial charge in [-0.15, -0.1) is 22.7 Å². The van der Waals surface area contributed by atoms with Crippen LogP contribution in [0, 0.1) is 18.3 Å². The lowest BCUT2D eigenvalue weighted by molar-refractivity contribution is 0.0788. The highest BCUT2D eigenvalue weighted by Crippen LogP contribution is 2.40. The van der Waals surface area contributed by atoms with Gasteiger partial charge >= 0.3 is 0 Å². The van der Waals surface area contributed by atoms with E-state index < -0.39 is 0 Å². The quantitative estimate of drug-likeness (QED) is 0.775. The highest BCUT2D eigenvalue weighted by atomic mass is 32.1. The lowest BCUT2D eigenvalue weighted by atomic mass is 9.72. The summed E-state index contributed by atoms with van der Waals surface area (Å²) in [5.41, 5.74) is 2.71. The molecule has 1 amide bonds. The van der Waals surface area contributed by atoms with Gasteiger partial charge in [-0.2, -0.15) is 0 Å². The number of rotatable bonds is 3. The Morgan fingerprint density at radius 3 is 2.79 bits per heavy atom. The molecule has 2 aromatic rings. The summed E-state index contributed by atoms with van der Waals surface area (Å²) in [6.45, 7) is 9.55.